The Labute approximate surface area is 180 Å². The lowest BCUT2D eigenvalue weighted by atomic mass is 9.95. The van der Waals surface area contributed by atoms with Gasteiger partial charge in [-0.05, 0) is 49.6 Å². The summed E-state index contributed by atoms with van der Waals surface area (Å²) in [7, 11) is 3.32. The quantitative estimate of drug-likeness (QED) is 0.819. The zero-order chi connectivity index (χ0) is 22.1. The minimum Gasteiger partial charge on any atom is -0.358 e. The van der Waals surface area contributed by atoms with Crippen LogP contribution in [0.25, 0.3) is 0 Å². The highest BCUT2D eigenvalue weighted by Crippen LogP contribution is 2.40. The first-order valence-corrected chi connectivity index (χ1v) is 10.3. The van der Waals surface area contributed by atoms with Crippen LogP contribution in [0.15, 0.2) is 42.5 Å². The van der Waals surface area contributed by atoms with Crippen molar-refractivity contribution in [1.82, 2.24) is 4.90 Å². The van der Waals surface area contributed by atoms with Crippen molar-refractivity contribution in [2.75, 3.05) is 42.3 Å². The number of nitrogens with one attached hydrogen (secondary N) is 1. The largest absolute Gasteiger partial charge is 0.358 e. The number of nitrogens with zero attached hydrogens (tertiary/aromatic N) is 3. The molecule has 1 fully saturated rings. The van der Waals surface area contributed by atoms with E-state index in [1.54, 1.807) is 32.3 Å². The van der Waals surface area contributed by atoms with E-state index in [0.29, 0.717) is 17.7 Å². The maximum absolute atomic E-state index is 13.9. The Morgan fingerprint density at radius 2 is 1.90 bits per heavy atom. The highest BCUT2D eigenvalue weighted by molar-refractivity contribution is 6.11. The molecule has 1 saturated heterocycles. The summed E-state index contributed by atoms with van der Waals surface area (Å²) in [5.74, 6) is -1.41. The number of para-hydroxylation sites is 1. The zero-order valence-corrected chi connectivity index (χ0v) is 17.6. The molecule has 0 unspecified atom stereocenters. The number of amides is 3. The number of carbonyl (C=O) groups is 3. The lowest BCUT2D eigenvalue weighted by Crippen LogP contribution is -2.56. The maximum atomic E-state index is 13.9. The molecule has 2 aromatic carbocycles. The molecule has 0 aliphatic carbocycles. The van der Waals surface area contributed by atoms with Gasteiger partial charge in [0.2, 0.25) is 11.8 Å². The number of hydrogen-bond donors (Lipinski definition) is 1. The van der Waals surface area contributed by atoms with Gasteiger partial charge in [-0.1, -0.05) is 12.1 Å². The molecule has 0 radical (unpaired) electrons. The normalized spacial score (nSPS) is 17.6. The fourth-order valence-corrected chi connectivity index (χ4v) is 4.21. The van der Waals surface area contributed by atoms with Crippen molar-refractivity contribution >= 4 is 34.8 Å². The summed E-state index contributed by atoms with van der Waals surface area (Å²) in [4.78, 5) is 43.5. The molecule has 2 aromatic rings. The van der Waals surface area contributed by atoms with Crippen LogP contribution in [0.3, 0.4) is 0 Å². The monoisotopic (exact) mass is 424 g/mol. The van der Waals surface area contributed by atoms with E-state index in [4.69, 9.17) is 0 Å². The summed E-state index contributed by atoms with van der Waals surface area (Å²) in [6, 6.07) is 10.8. The van der Waals surface area contributed by atoms with Gasteiger partial charge < -0.3 is 15.1 Å². The van der Waals surface area contributed by atoms with Crippen LogP contribution in [0.2, 0.25) is 0 Å². The highest BCUT2D eigenvalue weighted by Gasteiger charge is 2.40. The summed E-state index contributed by atoms with van der Waals surface area (Å²) < 4.78 is 13.9. The van der Waals surface area contributed by atoms with Crippen molar-refractivity contribution in [2.24, 2.45) is 0 Å². The molecule has 0 bridgehead atoms. The van der Waals surface area contributed by atoms with Gasteiger partial charge in [-0.15, -0.1) is 0 Å². The molecule has 8 heteroatoms. The van der Waals surface area contributed by atoms with E-state index in [1.165, 1.54) is 28.0 Å². The molecule has 3 amide bonds. The number of benzene rings is 2. The van der Waals surface area contributed by atoms with Gasteiger partial charge in [0.1, 0.15) is 18.4 Å². The van der Waals surface area contributed by atoms with Crippen molar-refractivity contribution in [3.63, 3.8) is 0 Å². The molecular weight excluding hydrogens is 399 g/mol. The minimum absolute atomic E-state index is 0.0630. The van der Waals surface area contributed by atoms with E-state index >= 15 is 0 Å². The Balaban J connectivity index is 1.68. The van der Waals surface area contributed by atoms with Crippen molar-refractivity contribution in [3.05, 3.63) is 53.8 Å². The van der Waals surface area contributed by atoms with Crippen molar-refractivity contribution in [2.45, 2.75) is 25.3 Å². The summed E-state index contributed by atoms with van der Waals surface area (Å²) in [6.45, 7) is 0.490. The highest BCUT2D eigenvalue weighted by atomic mass is 19.1. The van der Waals surface area contributed by atoms with Crippen molar-refractivity contribution in [3.8, 4) is 0 Å². The lowest BCUT2D eigenvalue weighted by Gasteiger charge is -2.45. The Morgan fingerprint density at radius 1 is 1.13 bits per heavy atom. The average Bonchev–Trinajstić information content (AvgIpc) is 2.77. The Hall–Kier alpha value is -3.42. The van der Waals surface area contributed by atoms with E-state index in [9.17, 15) is 18.8 Å². The van der Waals surface area contributed by atoms with Crippen LogP contribution < -0.4 is 15.1 Å². The summed E-state index contributed by atoms with van der Waals surface area (Å²) >= 11 is 0. The van der Waals surface area contributed by atoms with E-state index in [0.717, 1.165) is 25.1 Å². The second kappa shape index (κ2) is 8.37. The fraction of sp³-hybridized carbons (Fsp3) is 0.348. The molecule has 7 nitrogen and oxygen atoms in total. The number of fused-ring (bicyclic) bond motifs is 3. The number of rotatable bonds is 4. The van der Waals surface area contributed by atoms with E-state index in [-0.39, 0.29) is 30.1 Å². The van der Waals surface area contributed by atoms with Gasteiger partial charge in [0, 0.05) is 26.2 Å². The van der Waals surface area contributed by atoms with Crippen molar-refractivity contribution < 1.29 is 18.8 Å². The SMILES string of the molecule is CN(C)C(=O)c1ccc2c(c1)N(CC(=O)Nc1ccccc1F)C(=O)[C@@H]1CCCCN21. The third-order valence-corrected chi connectivity index (χ3v) is 5.73. The number of halogens is 1. The van der Waals surface area contributed by atoms with E-state index in [1.807, 2.05) is 6.07 Å². The average molecular weight is 424 g/mol. The Kier molecular flexibility index (Phi) is 5.63. The van der Waals surface area contributed by atoms with Gasteiger partial charge in [-0.3, -0.25) is 19.3 Å². The number of anilines is 3. The molecule has 162 valence electrons. The predicted octanol–water partition coefficient (Wildman–Crippen LogP) is 2.87. The van der Waals surface area contributed by atoms with Crippen LogP contribution in [0.4, 0.5) is 21.5 Å². The molecule has 4 rings (SSSR count). The number of carbonyl (C=O) groups excluding carboxylic acids is 3. The first kappa shape index (κ1) is 20.8. The topological polar surface area (TPSA) is 73.0 Å². The van der Waals surface area contributed by atoms with Gasteiger partial charge in [0.05, 0.1) is 17.1 Å². The van der Waals surface area contributed by atoms with Gasteiger partial charge >= 0.3 is 0 Å². The van der Waals surface area contributed by atoms with E-state index < -0.39 is 11.7 Å². The van der Waals surface area contributed by atoms with Crippen LogP contribution in [0, 0.1) is 5.82 Å². The van der Waals surface area contributed by atoms with Crippen LogP contribution in [0.5, 0.6) is 0 Å². The Bertz CT molecular complexity index is 1040. The lowest BCUT2D eigenvalue weighted by molar-refractivity contribution is -0.123. The fourth-order valence-electron chi connectivity index (χ4n) is 4.21. The summed E-state index contributed by atoms with van der Waals surface area (Å²) in [6.07, 6.45) is 2.63. The first-order valence-electron chi connectivity index (χ1n) is 10.3. The molecule has 0 saturated carbocycles. The molecule has 2 aliphatic rings. The third kappa shape index (κ3) is 3.97. The first-order chi connectivity index (χ1) is 14.9. The maximum Gasteiger partial charge on any atom is 0.253 e. The molecule has 1 atom stereocenters. The van der Waals surface area contributed by atoms with E-state index in [2.05, 4.69) is 10.2 Å². The van der Waals surface area contributed by atoms with Crippen LogP contribution >= 0.6 is 0 Å². The number of piperidine rings is 1. The molecule has 31 heavy (non-hydrogen) atoms. The molecule has 2 heterocycles. The van der Waals surface area contributed by atoms with Gasteiger partial charge in [0.25, 0.3) is 5.91 Å². The van der Waals surface area contributed by atoms with Crippen LogP contribution in [0.1, 0.15) is 29.6 Å². The minimum atomic E-state index is -0.543. The molecular formula is C23H25FN4O3. The summed E-state index contributed by atoms with van der Waals surface area (Å²) in [5.41, 5.74) is 1.86. The molecule has 0 spiro atoms. The standard InChI is InChI=1S/C23H25FN4O3/c1-26(2)22(30)15-10-11-18-20(13-15)28(23(31)19-9-5-6-12-27(18)19)14-21(29)25-17-8-4-3-7-16(17)24/h3-4,7-8,10-11,13,19H,5-6,9,12,14H2,1-2H3,(H,25,29)/t19-/m0/s1. The predicted molar refractivity (Wildman–Crippen MR) is 117 cm³/mol. The summed E-state index contributed by atoms with van der Waals surface area (Å²) in [5, 5.41) is 2.54. The molecule has 0 aromatic heterocycles. The Morgan fingerprint density at radius 3 is 2.65 bits per heavy atom. The smallest absolute Gasteiger partial charge is 0.253 e. The van der Waals surface area contributed by atoms with Gasteiger partial charge in [0.15, 0.2) is 0 Å². The van der Waals surface area contributed by atoms with Gasteiger partial charge in [-0.2, -0.15) is 0 Å². The second-order valence-electron chi connectivity index (χ2n) is 8.06. The van der Waals surface area contributed by atoms with Crippen molar-refractivity contribution in [1.29, 1.82) is 0 Å². The van der Waals surface area contributed by atoms with Crippen LogP contribution in [-0.2, 0) is 9.59 Å². The third-order valence-electron chi connectivity index (χ3n) is 5.73. The zero-order valence-electron chi connectivity index (χ0n) is 17.6. The van der Waals surface area contributed by atoms with Crippen LogP contribution in [-0.4, -0.2) is 55.8 Å². The molecule has 1 N–H and O–H groups in total. The molecule has 2 aliphatic heterocycles. The second-order valence-corrected chi connectivity index (χ2v) is 8.06. The van der Waals surface area contributed by atoms with Gasteiger partial charge in [-0.25, -0.2) is 4.39 Å². The number of hydrogen-bond acceptors (Lipinski definition) is 4.